The van der Waals surface area contributed by atoms with Gasteiger partial charge in [-0.1, -0.05) is 20.8 Å². The van der Waals surface area contributed by atoms with E-state index in [0.29, 0.717) is 48.7 Å². The van der Waals surface area contributed by atoms with E-state index in [2.05, 4.69) is 0 Å². The quantitative estimate of drug-likeness (QED) is 0.163. The first-order valence-corrected chi connectivity index (χ1v) is 12.8. The van der Waals surface area contributed by atoms with E-state index >= 15 is 0 Å². The predicted molar refractivity (Wildman–Crippen MR) is 139 cm³/mol. The van der Waals surface area contributed by atoms with Crippen molar-refractivity contribution in [3.8, 4) is 11.5 Å². The standard InChI is InChI=1S/C29H38O8/c1-6-23(35-24-13-9-21(10-14-24)28(31)33-7-2)17-18-27(37-26(30)19-20(4)5)36-25-15-11-22(12-16-25)29(32)34-8-3/h9-16,20,23,27H,6-8,17-19H2,1-5H3. The smallest absolute Gasteiger partial charge is 0.338 e. The van der Waals surface area contributed by atoms with Crippen LogP contribution in [0, 0.1) is 5.92 Å². The Hall–Kier alpha value is -3.55. The summed E-state index contributed by atoms with van der Waals surface area (Å²) >= 11 is 0. The Morgan fingerprint density at radius 3 is 1.62 bits per heavy atom. The normalized spacial score (nSPS) is 12.4. The third-order valence-electron chi connectivity index (χ3n) is 5.32. The lowest BCUT2D eigenvalue weighted by atomic mass is 10.1. The van der Waals surface area contributed by atoms with Crippen LogP contribution in [-0.4, -0.2) is 43.5 Å². The van der Waals surface area contributed by atoms with Gasteiger partial charge in [0.15, 0.2) is 0 Å². The number of esters is 3. The zero-order chi connectivity index (χ0) is 27.2. The molecule has 0 aliphatic carbocycles. The average Bonchev–Trinajstić information content (AvgIpc) is 2.87. The molecule has 8 nitrogen and oxygen atoms in total. The highest BCUT2D eigenvalue weighted by atomic mass is 16.7. The van der Waals surface area contributed by atoms with Gasteiger partial charge in [-0.05, 0) is 81.1 Å². The minimum Gasteiger partial charge on any atom is -0.490 e. The first kappa shape index (κ1) is 29.7. The Balaban J connectivity index is 2.03. The summed E-state index contributed by atoms with van der Waals surface area (Å²) in [7, 11) is 0. The third-order valence-corrected chi connectivity index (χ3v) is 5.32. The summed E-state index contributed by atoms with van der Waals surface area (Å²) in [6, 6.07) is 13.3. The van der Waals surface area contributed by atoms with Crippen molar-refractivity contribution in [2.45, 2.75) is 72.7 Å². The van der Waals surface area contributed by atoms with Gasteiger partial charge in [0, 0.05) is 12.8 Å². The Morgan fingerprint density at radius 1 is 0.703 bits per heavy atom. The molecule has 2 aromatic rings. The van der Waals surface area contributed by atoms with Crippen molar-refractivity contribution in [1.29, 1.82) is 0 Å². The minimum absolute atomic E-state index is 0.154. The molecule has 0 heterocycles. The van der Waals surface area contributed by atoms with Gasteiger partial charge in [0.25, 0.3) is 0 Å². The van der Waals surface area contributed by atoms with Crippen molar-refractivity contribution >= 4 is 17.9 Å². The maximum absolute atomic E-state index is 12.4. The minimum atomic E-state index is -0.816. The Morgan fingerprint density at radius 2 is 1.19 bits per heavy atom. The Labute approximate surface area is 219 Å². The molecule has 0 aliphatic heterocycles. The first-order chi connectivity index (χ1) is 17.7. The summed E-state index contributed by atoms with van der Waals surface area (Å²) in [5, 5.41) is 0. The van der Waals surface area contributed by atoms with E-state index in [-0.39, 0.29) is 30.4 Å². The van der Waals surface area contributed by atoms with Crippen LogP contribution in [0.25, 0.3) is 0 Å². The molecular weight excluding hydrogens is 476 g/mol. The maximum Gasteiger partial charge on any atom is 0.338 e. The zero-order valence-corrected chi connectivity index (χ0v) is 22.4. The van der Waals surface area contributed by atoms with Gasteiger partial charge in [-0.25, -0.2) is 9.59 Å². The van der Waals surface area contributed by atoms with Crippen molar-refractivity contribution in [2.75, 3.05) is 13.2 Å². The van der Waals surface area contributed by atoms with Gasteiger partial charge in [0.1, 0.15) is 11.5 Å². The first-order valence-electron chi connectivity index (χ1n) is 12.8. The topological polar surface area (TPSA) is 97.4 Å². The van der Waals surface area contributed by atoms with E-state index in [1.54, 1.807) is 62.4 Å². The molecule has 202 valence electrons. The SMILES string of the molecule is CCOC(=O)c1ccc(OC(CC)CCC(OC(=O)CC(C)C)Oc2ccc(C(=O)OCC)cc2)cc1. The Bertz CT molecular complexity index is 982. The molecule has 8 heteroatoms. The van der Waals surface area contributed by atoms with Crippen LogP contribution in [0.1, 0.15) is 81.0 Å². The molecule has 2 rings (SSSR count). The summed E-state index contributed by atoms with van der Waals surface area (Å²) in [4.78, 5) is 36.1. The maximum atomic E-state index is 12.4. The molecular formula is C29H38O8. The van der Waals surface area contributed by atoms with Crippen molar-refractivity contribution in [3.05, 3.63) is 59.7 Å². The fourth-order valence-electron chi connectivity index (χ4n) is 3.45. The van der Waals surface area contributed by atoms with Crippen LogP contribution < -0.4 is 9.47 Å². The molecule has 37 heavy (non-hydrogen) atoms. The van der Waals surface area contributed by atoms with Gasteiger partial charge in [-0.15, -0.1) is 0 Å². The molecule has 0 radical (unpaired) electrons. The average molecular weight is 515 g/mol. The fourth-order valence-corrected chi connectivity index (χ4v) is 3.45. The summed E-state index contributed by atoms with van der Waals surface area (Å²) in [5.74, 6) is 0.127. The molecule has 0 saturated carbocycles. The van der Waals surface area contributed by atoms with Crippen LogP contribution in [0.3, 0.4) is 0 Å². The highest BCUT2D eigenvalue weighted by Gasteiger charge is 2.21. The molecule has 0 N–H and O–H groups in total. The number of carbonyl (C=O) groups is 3. The van der Waals surface area contributed by atoms with Crippen LogP contribution >= 0.6 is 0 Å². The highest BCUT2D eigenvalue weighted by Crippen LogP contribution is 2.22. The van der Waals surface area contributed by atoms with Crippen LogP contribution in [0.2, 0.25) is 0 Å². The molecule has 0 aliphatic rings. The largest absolute Gasteiger partial charge is 0.490 e. The molecule has 0 fully saturated rings. The van der Waals surface area contributed by atoms with Crippen molar-refractivity contribution in [1.82, 2.24) is 0 Å². The molecule has 0 saturated heterocycles. The molecule has 0 spiro atoms. The van der Waals surface area contributed by atoms with E-state index in [4.69, 9.17) is 23.7 Å². The molecule has 2 atom stereocenters. The molecule has 0 amide bonds. The van der Waals surface area contributed by atoms with Gasteiger partial charge in [-0.3, -0.25) is 4.79 Å². The van der Waals surface area contributed by atoms with Gasteiger partial charge >= 0.3 is 17.9 Å². The number of benzene rings is 2. The van der Waals surface area contributed by atoms with Crippen molar-refractivity contribution in [2.24, 2.45) is 5.92 Å². The summed E-state index contributed by atoms with van der Waals surface area (Å²) < 4.78 is 27.7. The lowest BCUT2D eigenvalue weighted by molar-refractivity contribution is -0.166. The molecule has 2 aromatic carbocycles. The van der Waals surface area contributed by atoms with Crippen molar-refractivity contribution in [3.63, 3.8) is 0 Å². The Kier molecular flexibility index (Phi) is 12.5. The summed E-state index contributed by atoms with van der Waals surface area (Å²) in [6.45, 7) is 10.0. The fraction of sp³-hybridized carbons (Fsp3) is 0.483. The van der Waals surface area contributed by atoms with E-state index in [9.17, 15) is 14.4 Å². The number of hydrogen-bond donors (Lipinski definition) is 0. The highest BCUT2D eigenvalue weighted by molar-refractivity contribution is 5.90. The molecule has 0 aromatic heterocycles. The van der Waals surface area contributed by atoms with E-state index in [1.807, 2.05) is 20.8 Å². The molecule has 2 unspecified atom stereocenters. The number of hydrogen-bond acceptors (Lipinski definition) is 8. The second kappa shape index (κ2) is 15.5. The summed E-state index contributed by atoms with van der Waals surface area (Å²) in [5.41, 5.74) is 0.873. The lowest BCUT2D eigenvalue weighted by Gasteiger charge is -2.23. The second-order valence-corrected chi connectivity index (χ2v) is 8.85. The third kappa shape index (κ3) is 10.5. The zero-order valence-electron chi connectivity index (χ0n) is 22.4. The van der Waals surface area contributed by atoms with Crippen molar-refractivity contribution < 1.29 is 38.1 Å². The van der Waals surface area contributed by atoms with Crippen LogP contribution in [0.5, 0.6) is 11.5 Å². The van der Waals surface area contributed by atoms with Crippen LogP contribution in [-0.2, 0) is 19.0 Å². The van der Waals surface area contributed by atoms with Gasteiger partial charge in [0.05, 0.1) is 30.4 Å². The summed E-state index contributed by atoms with van der Waals surface area (Å²) in [6.07, 6.45) is 1.00. The lowest BCUT2D eigenvalue weighted by Crippen LogP contribution is -2.27. The van der Waals surface area contributed by atoms with Gasteiger partial charge < -0.3 is 23.7 Å². The predicted octanol–water partition coefficient (Wildman–Crippen LogP) is 5.97. The number of ether oxygens (including phenoxy) is 5. The van der Waals surface area contributed by atoms with Crippen LogP contribution in [0.4, 0.5) is 0 Å². The monoisotopic (exact) mass is 514 g/mol. The number of rotatable bonds is 15. The van der Waals surface area contributed by atoms with Gasteiger partial charge in [0.2, 0.25) is 6.29 Å². The van der Waals surface area contributed by atoms with Crippen LogP contribution in [0.15, 0.2) is 48.5 Å². The van der Waals surface area contributed by atoms with Gasteiger partial charge in [-0.2, -0.15) is 0 Å². The number of carbonyl (C=O) groups excluding carboxylic acids is 3. The molecule has 0 bridgehead atoms. The van der Waals surface area contributed by atoms with E-state index in [0.717, 1.165) is 6.42 Å². The van der Waals surface area contributed by atoms with E-state index < -0.39 is 12.3 Å². The van der Waals surface area contributed by atoms with E-state index in [1.165, 1.54) is 0 Å². The second-order valence-electron chi connectivity index (χ2n) is 8.85.